The average molecular weight is 338 g/mol. The summed E-state index contributed by atoms with van der Waals surface area (Å²) in [6.07, 6.45) is 2.12. The second-order valence-electron chi connectivity index (χ2n) is 7.16. The van der Waals surface area contributed by atoms with Gasteiger partial charge in [0, 0.05) is 28.5 Å². The highest BCUT2D eigenvalue weighted by atomic mass is 16.3. The number of rotatable bonds is 1. The van der Waals surface area contributed by atoms with Gasteiger partial charge in [0.25, 0.3) is 0 Å². The third-order valence-corrected chi connectivity index (χ3v) is 5.27. The van der Waals surface area contributed by atoms with Gasteiger partial charge in [-0.15, -0.1) is 0 Å². The van der Waals surface area contributed by atoms with Crippen LogP contribution in [0.3, 0.4) is 0 Å². The van der Waals surface area contributed by atoms with E-state index in [9.17, 15) is 0 Å². The maximum Gasteiger partial charge on any atom is 0.212 e. The van der Waals surface area contributed by atoms with Gasteiger partial charge in [-0.3, -0.25) is 0 Å². The third-order valence-electron chi connectivity index (χ3n) is 5.27. The summed E-state index contributed by atoms with van der Waals surface area (Å²) in [5, 5.41) is 4.80. The summed E-state index contributed by atoms with van der Waals surface area (Å²) in [4.78, 5) is 0. The van der Waals surface area contributed by atoms with Crippen molar-refractivity contribution < 1.29 is 8.98 Å². The first-order chi connectivity index (χ1) is 12.6. The molecule has 0 fully saturated rings. The Hall–Kier alpha value is -3.13. The second-order valence-corrected chi connectivity index (χ2v) is 7.16. The molecule has 0 aliphatic heterocycles. The minimum Gasteiger partial charge on any atom is -0.456 e. The summed E-state index contributed by atoms with van der Waals surface area (Å²) < 4.78 is 8.36. The molecule has 2 aromatic heterocycles. The van der Waals surface area contributed by atoms with E-state index in [1.165, 1.54) is 43.9 Å². The molecule has 0 atom stereocenters. The summed E-state index contributed by atoms with van der Waals surface area (Å²) in [7, 11) is 2.10. The molecule has 126 valence electrons. The van der Waals surface area contributed by atoms with Gasteiger partial charge >= 0.3 is 0 Å². The van der Waals surface area contributed by atoms with Crippen LogP contribution in [0.2, 0.25) is 0 Å². The van der Waals surface area contributed by atoms with E-state index in [0.29, 0.717) is 0 Å². The van der Waals surface area contributed by atoms with Crippen LogP contribution in [0.15, 0.2) is 71.3 Å². The second kappa shape index (κ2) is 5.43. The Morgan fingerprint density at radius 1 is 0.769 bits per heavy atom. The molecule has 0 unspecified atom stereocenters. The van der Waals surface area contributed by atoms with Gasteiger partial charge in [0.2, 0.25) is 5.69 Å². The minimum absolute atomic E-state index is 0.948. The zero-order chi connectivity index (χ0) is 17.8. The number of nitrogens with zero attached hydrogens (tertiary/aromatic N) is 1. The highest BCUT2D eigenvalue weighted by molar-refractivity contribution is 6.11. The Balaban J connectivity index is 1.86. The van der Waals surface area contributed by atoms with E-state index in [2.05, 4.69) is 92.3 Å². The summed E-state index contributed by atoms with van der Waals surface area (Å²) in [6.45, 7) is 4.29. The number of hydrogen-bond acceptors (Lipinski definition) is 1. The van der Waals surface area contributed by atoms with Gasteiger partial charge in [0.1, 0.15) is 18.2 Å². The van der Waals surface area contributed by atoms with Gasteiger partial charge in [-0.05, 0) is 60.0 Å². The lowest BCUT2D eigenvalue weighted by molar-refractivity contribution is -0.660. The molecule has 2 heterocycles. The molecule has 0 saturated heterocycles. The van der Waals surface area contributed by atoms with E-state index >= 15 is 0 Å². The molecule has 3 aromatic carbocycles. The fourth-order valence-electron chi connectivity index (χ4n) is 3.83. The highest BCUT2D eigenvalue weighted by Crippen LogP contribution is 2.35. The summed E-state index contributed by atoms with van der Waals surface area (Å²) in [5.74, 6) is 0. The van der Waals surface area contributed by atoms with Crippen molar-refractivity contribution >= 4 is 32.7 Å². The van der Waals surface area contributed by atoms with Crippen molar-refractivity contribution in [2.24, 2.45) is 7.05 Å². The Morgan fingerprint density at radius 2 is 1.46 bits per heavy atom. The first kappa shape index (κ1) is 15.2. The summed E-state index contributed by atoms with van der Waals surface area (Å²) in [5.41, 5.74) is 6.86. The lowest BCUT2D eigenvalue weighted by Crippen LogP contribution is -2.30. The number of benzene rings is 3. The molecule has 0 radical (unpaired) electrons. The van der Waals surface area contributed by atoms with Crippen molar-refractivity contribution in [2.75, 3.05) is 0 Å². The standard InChI is InChI=1S/C24H20NO/c1-15-8-9-25(3)22(10-15)19-14-21-20-12-17-6-4-5-7-18(17)13-24(20)26-23(21)11-16(19)2/h4-14H,1-3H3/q+1. The van der Waals surface area contributed by atoms with Crippen LogP contribution in [-0.2, 0) is 7.05 Å². The van der Waals surface area contributed by atoms with E-state index < -0.39 is 0 Å². The van der Waals surface area contributed by atoms with Crippen molar-refractivity contribution in [1.29, 1.82) is 0 Å². The lowest BCUT2D eigenvalue weighted by Gasteiger charge is -2.05. The zero-order valence-corrected chi connectivity index (χ0v) is 15.2. The Kier molecular flexibility index (Phi) is 3.17. The number of hydrogen-bond donors (Lipinski definition) is 0. The molecule has 5 rings (SSSR count). The van der Waals surface area contributed by atoms with Crippen molar-refractivity contribution in [3.8, 4) is 11.3 Å². The molecule has 0 aliphatic rings. The fourth-order valence-corrected chi connectivity index (χ4v) is 3.83. The molecule has 0 aliphatic carbocycles. The van der Waals surface area contributed by atoms with E-state index in [0.717, 1.165) is 11.2 Å². The van der Waals surface area contributed by atoms with Crippen LogP contribution in [0.4, 0.5) is 0 Å². The predicted molar refractivity (Wildman–Crippen MR) is 107 cm³/mol. The van der Waals surface area contributed by atoms with Gasteiger partial charge in [0.05, 0.1) is 0 Å². The fraction of sp³-hybridized carbons (Fsp3) is 0.125. The molecular weight excluding hydrogens is 318 g/mol. The highest BCUT2D eigenvalue weighted by Gasteiger charge is 2.17. The quantitative estimate of drug-likeness (QED) is 0.351. The van der Waals surface area contributed by atoms with Crippen molar-refractivity contribution in [1.82, 2.24) is 0 Å². The third kappa shape index (κ3) is 2.22. The first-order valence-electron chi connectivity index (χ1n) is 8.92. The first-order valence-corrected chi connectivity index (χ1v) is 8.92. The molecule has 26 heavy (non-hydrogen) atoms. The number of pyridine rings is 1. The van der Waals surface area contributed by atoms with Gasteiger partial charge in [-0.1, -0.05) is 24.3 Å². The Morgan fingerprint density at radius 3 is 2.27 bits per heavy atom. The molecule has 2 heteroatoms. The minimum atomic E-state index is 0.948. The molecule has 0 spiro atoms. The lowest BCUT2D eigenvalue weighted by atomic mass is 9.99. The van der Waals surface area contributed by atoms with Gasteiger partial charge in [-0.25, -0.2) is 4.57 Å². The normalized spacial score (nSPS) is 11.7. The number of aromatic nitrogens is 1. The summed E-state index contributed by atoms with van der Waals surface area (Å²) in [6, 6.07) is 21.6. The predicted octanol–water partition coefficient (Wildman–Crippen LogP) is 5.85. The average Bonchev–Trinajstić information content (AvgIpc) is 2.97. The smallest absolute Gasteiger partial charge is 0.212 e. The molecule has 0 amide bonds. The topological polar surface area (TPSA) is 17.0 Å². The largest absolute Gasteiger partial charge is 0.456 e. The van der Waals surface area contributed by atoms with Crippen molar-refractivity contribution in [3.63, 3.8) is 0 Å². The van der Waals surface area contributed by atoms with Crippen molar-refractivity contribution in [2.45, 2.75) is 13.8 Å². The zero-order valence-electron chi connectivity index (χ0n) is 15.2. The monoisotopic (exact) mass is 338 g/mol. The Bertz CT molecular complexity index is 1310. The van der Waals surface area contributed by atoms with Gasteiger partial charge in [-0.2, -0.15) is 0 Å². The molecule has 0 saturated carbocycles. The summed E-state index contributed by atoms with van der Waals surface area (Å²) >= 11 is 0. The van der Waals surface area contributed by atoms with Gasteiger partial charge in [0.15, 0.2) is 6.20 Å². The van der Waals surface area contributed by atoms with Crippen LogP contribution in [0.1, 0.15) is 11.1 Å². The molecular formula is C24H20NO+. The maximum absolute atomic E-state index is 6.18. The van der Waals surface area contributed by atoms with E-state index in [1.54, 1.807) is 0 Å². The maximum atomic E-state index is 6.18. The molecule has 5 aromatic rings. The van der Waals surface area contributed by atoms with Crippen molar-refractivity contribution in [3.05, 3.63) is 78.0 Å². The van der Waals surface area contributed by atoms with Crippen LogP contribution in [0.25, 0.3) is 44.0 Å². The van der Waals surface area contributed by atoms with E-state index in [1.807, 2.05) is 0 Å². The molecule has 0 N–H and O–H groups in total. The SMILES string of the molecule is Cc1cc[n+](C)c(-c2cc3c(cc2C)oc2cc4ccccc4cc23)c1. The number of aryl methyl sites for hydroxylation is 3. The van der Waals surface area contributed by atoms with Crippen LogP contribution < -0.4 is 4.57 Å². The van der Waals surface area contributed by atoms with Crippen LogP contribution in [-0.4, -0.2) is 0 Å². The van der Waals surface area contributed by atoms with Crippen LogP contribution in [0, 0.1) is 13.8 Å². The molecule has 0 bridgehead atoms. The van der Waals surface area contributed by atoms with E-state index in [4.69, 9.17) is 4.42 Å². The van der Waals surface area contributed by atoms with Crippen LogP contribution in [0.5, 0.6) is 0 Å². The van der Waals surface area contributed by atoms with Crippen LogP contribution >= 0.6 is 0 Å². The molecule has 2 nitrogen and oxygen atoms in total. The van der Waals surface area contributed by atoms with E-state index in [-0.39, 0.29) is 0 Å². The van der Waals surface area contributed by atoms with Gasteiger partial charge < -0.3 is 4.42 Å². The number of furan rings is 1. The Labute approximate surface area is 152 Å². The number of fused-ring (bicyclic) bond motifs is 4.